The van der Waals surface area contributed by atoms with Gasteiger partial charge in [-0.05, 0) is 18.6 Å². The summed E-state index contributed by atoms with van der Waals surface area (Å²) in [4.78, 5) is 35.9. The standard InChI is InChI=1S/C16H16O6/c1-20-16(19)13-11-8-21-15(18)10(11)7-12(13)22-14(17)9-5-3-2-4-6-9/h2-6,10-13H,7-8H2,1H3/t10-,11-,12+,13?/m0/s1. The quantitative estimate of drug-likeness (QED) is 0.616. The fraction of sp³-hybridized carbons (Fsp3) is 0.438. The van der Waals surface area contributed by atoms with Crippen molar-refractivity contribution >= 4 is 17.9 Å². The van der Waals surface area contributed by atoms with Crippen LogP contribution < -0.4 is 0 Å². The molecule has 3 rings (SSSR count). The highest BCUT2D eigenvalue weighted by Crippen LogP contribution is 2.44. The number of carbonyl (C=O) groups is 3. The van der Waals surface area contributed by atoms with Crippen molar-refractivity contribution in [1.82, 2.24) is 0 Å². The first kappa shape index (κ1) is 14.6. The molecule has 0 bridgehead atoms. The van der Waals surface area contributed by atoms with Crippen molar-refractivity contribution in [3.63, 3.8) is 0 Å². The third kappa shape index (κ3) is 2.45. The van der Waals surface area contributed by atoms with Crippen LogP contribution in [0.5, 0.6) is 0 Å². The summed E-state index contributed by atoms with van der Waals surface area (Å²) in [6, 6.07) is 8.54. The van der Waals surface area contributed by atoms with Crippen molar-refractivity contribution in [2.24, 2.45) is 17.8 Å². The molecular weight excluding hydrogens is 288 g/mol. The molecule has 1 aliphatic carbocycles. The number of carbonyl (C=O) groups excluding carboxylic acids is 3. The Labute approximate surface area is 127 Å². The number of rotatable bonds is 3. The Morgan fingerprint density at radius 2 is 1.95 bits per heavy atom. The van der Waals surface area contributed by atoms with Crippen LogP contribution in [0.1, 0.15) is 16.8 Å². The van der Waals surface area contributed by atoms with Gasteiger partial charge in [-0.2, -0.15) is 0 Å². The fourth-order valence-corrected chi connectivity index (χ4v) is 3.24. The van der Waals surface area contributed by atoms with E-state index in [2.05, 4.69) is 0 Å². The van der Waals surface area contributed by atoms with Gasteiger partial charge in [-0.15, -0.1) is 0 Å². The van der Waals surface area contributed by atoms with Crippen LogP contribution in [-0.4, -0.2) is 37.7 Å². The zero-order valence-corrected chi connectivity index (χ0v) is 12.1. The van der Waals surface area contributed by atoms with E-state index in [0.717, 1.165) is 0 Å². The lowest BCUT2D eigenvalue weighted by Gasteiger charge is -2.21. The summed E-state index contributed by atoms with van der Waals surface area (Å²) in [5.74, 6) is -2.66. The minimum Gasteiger partial charge on any atom is -0.469 e. The van der Waals surface area contributed by atoms with Gasteiger partial charge in [0, 0.05) is 5.92 Å². The smallest absolute Gasteiger partial charge is 0.338 e. The Bertz CT molecular complexity index is 596. The molecule has 22 heavy (non-hydrogen) atoms. The first-order valence-corrected chi connectivity index (χ1v) is 7.12. The lowest BCUT2D eigenvalue weighted by atomic mass is 9.92. The normalized spacial score (nSPS) is 29.6. The van der Waals surface area contributed by atoms with E-state index >= 15 is 0 Å². The van der Waals surface area contributed by atoms with E-state index in [4.69, 9.17) is 14.2 Å². The molecule has 4 atom stereocenters. The molecule has 6 heteroatoms. The van der Waals surface area contributed by atoms with Gasteiger partial charge < -0.3 is 14.2 Å². The second-order valence-electron chi connectivity index (χ2n) is 5.49. The maximum atomic E-state index is 12.2. The Morgan fingerprint density at radius 1 is 1.23 bits per heavy atom. The maximum Gasteiger partial charge on any atom is 0.338 e. The van der Waals surface area contributed by atoms with E-state index in [1.54, 1.807) is 30.3 Å². The average molecular weight is 304 g/mol. The van der Waals surface area contributed by atoms with Gasteiger partial charge in [-0.1, -0.05) is 18.2 Å². The maximum absolute atomic E-state index is 12.2. The number of methoxy groups -OCH3 is 1. The minimum absolute atomic E-state index is 0.169. The zero-order valence-electron chi connectivity index (χ0n) is 12.1. The molecule has 2 fully saturated rings. The van der Waals surface area contributed by atoms with Crippen molar-refractivity contribution in [2.75, 3.05) is 13.7 Å². The van der Waals surface area contributed by atoms with E-state index in [0.29, 0.717) is 12.0 Å². The lowest BCUT2D eigenvalue weighted by molar-refractivity contribution is -0.151. The summed E-state index contributed by atoms with van der Waals surface area (Å²) in [6.07, 6.45) is -0.370. The van der Waals surface area contributed by atoms with Crippen LogP contribution in [0.2, 0.25) is 0 Å². The molecule has 1 saturated carbocycles. The predicted octanol–water partition coefficient (Wildman–Crippen LogP) is 1.19. The average Bonchev–Trinajstić information content (AvgIpc) is 3.07. The van der Waals surface area contributed by atoms with E-state index < -0.39 is 29.9 Å². The van der Waals surface area contributed by atoms with Crippen LogP contribution in [0.25, 0.3) is 0 Å². The predicted molar refractivity (Wildman–Crippen MR) is 73.7 cm³/mol. The summed E-state index contributed by atoms with van der Waals surface area (Å²) in [5.41, 5.74) is 0.408. The molecule has 116 valence electrons. The Kier molecular flexibility index (Phi) is 3.83. The van der Waals surface area contributed by atoms with Gasteiger partial charge in [-0.3, -0.25) is 9.59 Å². The molecule has 0 amide bonds. The second kappa shape index (κ2) is 5.79. The number of esters is 3. The third-order valence-electron chi connectivity index (χ3n) is 4.33. The number of hydrogen-bond donors (Lipinski definition) is 0. The van der Waals surface area contributed by atoms with Crippen molar-refractivity contribution in [1.29, 1.82) is 0 Å². The Hall–Kier alpha value is -2.37. The lowest BCUT2D eigenvalue weighted by Crippen LogP contribution is -2.33. The summed E-state index contributed by atoms with van der Waals surface area (Å²) >= 11 is 0. The minimum atomic E-state index is -0.664. The number of cyclic esters (lactones) is 1. The Balaban J connectivity index is 1.78. The molecular formula is C16H16O6. The van der Waals surface area contributed by atoms with Gasteiger partial charge in [0.2, 0.25) is 0 Å². The molecule has 1 saturated heterocycles. The zero-order chi connectivity index (χ0) is 15.7. The molecule has 1 unspecified atom stereocenters. The van der Waals surface area contributed by atoms with Crippen molar-refractivity contribution in [3.8, 4) is 0 Å². The van der Waals surface area contributed by atoms with Crippen LogP contribution in [-0.2, 0) is 23.8 Å². The summed E-state index contributed by atoms with van der Waals surface area (Å²) in [5, 5.41) is 0. The van der Waals surface area contributed by atoms with Crippen molar-refractivity contribution < 1.29 is 28.6 Å². The molecule has 2 aliphatic rings. The van der Waals surface area contributed by atoms with Gasteiger partial charge in [0.1, 0.15) is 12.0 Å². The molecule has 0 aromatic heterocycles. The van der Waals surface area contributed by atoms with E-state index in [1.807, 2.05) is 0 Å². The highest BCUT2D eigenvalue weighted by molar-refractivity contribution is 5.90. The SMILES string of the molecule is COC(=O)C1[C@H]2COC(=O)[C@H]2C[C@H]1OC(=O)c1ccccc1. The van der Waals surface area contributed by atoms with Crippen LogP contribution in [0.4, 0.5) is 0 Å². The molecule has 0 radical (unpaired) electrons. The van der Waals surface area contributed by atoms with E-state index in [1.165, 1.54) is 7.11 Å². The highest BCUT2D eigenvalue weighted by Gasteiger charge is 2.56. The summed E-state index contributed by atoms with van der Waals surface area (Å²) in [7, 11) is 1.28. The number of benzene rings is 1. The second-order valence-corrected chi connectivity index (χ2v) is 5.49. The first-order valence-electron chi connectivity index (χ1n) is 7.12. The van der Waals surface area contributed by atoms with Gasteiger partial charge in [0.05, 0.1) is 25.2 Å². The van der Waals surface area contributed by atoms with E-state index in [9.17, 15) is 14.4 Å². The molecule has 1 aliphatic heterocycles. The van der Waals surface area contributed by atoms with Gasteiger partial charge in [0.15, 0.2) is 0 Å². The molecule has 0 N–H and O–H groups in total. The molecule has 0 spiro atoms. The van der Waals surface area contributed by atoms with Crippen LogP contribution in [0.15, 0.2) is 30.3 Å². The van der Waals surface area contributed by atoms with E-state index in [-0.39, 0.29) is 18.5 Å². The Morgan fingerprint density at radius 3 is 2.64 bits per heavy atom. The number of hydrogen-bond acceptors (Lipinski definition) is 6. The van der Waals surface area contributed by atoms with Crippen LogP contribution in [0, 0.1) is 17.8 Å². The van der Waals surface area contributed by atoms with Crippen LogP contribution >= 0.6 is 0 Å². The fourth-order valence-electron chi connectivity index (χ4n) is 3.24. The monoisotopic (exact) mass is 304 g/mol. The van der Waals surface area contributed by atoms with Crippen molar-refractivity contribution in [2.45, 2.75) is 12.5 Å². The highest BCUT2D eigenvalue weighted by atomic mass is 16.6. The number of fused-ring (bicyclic) bond motifs is 1. The molecule has 1 heterocycles. The molecule has 6 nitrogen and oxygen atoms in total. The van der Waals surface area contributed by atoms with Crippen molar-refractivity contribution in [3.05, 3.63) is 35.9 Å². The summed E-state index contributed by atoms with van der Waals surface area (Å²) < 4.78 is 15.3. The van der Waals surface area contributed by atoms with Crippen LogP contribution in [0.3, 0.4) is 0 Å². The molecule has 1 aromatic carbocycles. The first-order chi connectivity index (χ1) is 10.6. The third-order valence-corrected chi connectivity index (χ3v) is 4.33. The topological polar surface area (TPSA) is 78.9 Å². The van der Waals surface area contributed by atoms with Gasteiger partial charge in [0.25, 0.3) is 0 Å². The largest absolute Gasteiger partial charge is 0.469 e. The molecule has 1 aromatic rings. The van der Waals surface area contributed by atoms with Gasteiger partial charge in [-0.25, -0.2) is 4.79 Å². The van der Waals surface area contributed by atoms with Gasteiger partial charge >= 0.3 is 17.9 Å². The number of ether oxygens (including phenoxy) is 3. The summed E-state index contributed by atoms with van der Waals surface area (Å²) in [6.45, 7) is 0.169.